The van der Waals surface area contributed by atoms with E-state index in [2.05, 4.69) is 31.1 Å². The molecule has 1 aliphatic carbocycles. The third-order valence-corrected chi connectivity index (χ3v) is 6.18. The second-order valence-corrected chi connectivity index (χ2v) is 7.42. The third kappa shape index (κ3) is 3.37. The Bertz CT molecular complexity index is 280. The van der Waals surface area contributed by atoms with Gasteiger partial charge < -0.3 is 0 Å². The number of hydrazine groups is 1. The highest BCUT2D eigenvalue weighted by Crippen LogP contribution is 2.37. The van der Waals surface area contributed by atoms with E-state index in [0.717, 1.165) is 11.8 Å². The van der Waals surface area contributed by atoms with Gasteiger partial charge in [-0.2, -0.15) is 0 Å². The number of hydrogen-bond donors (Lipinski definition) is 2. The average molecular weight is 281 g/mol. The molecule has 0 aromatic heterocycles. The van der Waals surface area contributed by atoms with Crippen LogP contribution in [0.15, 0.2) is 0 Å². The number of nitrogens with zero attached hydrogens (tertiary/aromatic N) is 1. The Morgan fingerprint density at radius 3 is 2.25 bits per heavy atom. The molecule has 2 fully saturated rings. The highest BCUT2D eigenvalue weighted by molar-refractivity contribution is 5.00. The normalized spacial score (nSPS) is 33.6. The Hall–Kier alpha value is -0.120. The van der Waals surface area contributed by atoms with Crippen LogP contribution >= 0.6 is 0 Å². The fourth-order valence-electron chi connectivity index (χ4n) is 4.49. The van der Waals surface area contributed by atoms with Crippen molar-refractivity contribution >= 4 is 0 Å². The van der Waals surface area contributed by atoms with Gasteiger partial charge in [0.05, 0.1) is 0 Å². The molecule has 2 atom stereocenters. The largest absolute Gasteiger partial charge is 0.296 e. The summed E-state index contributed by atoms with van der Waals surface area (Å²) in [5.74, 6) is 7.69. The van der Waals surface area contributed by atoms with E-state index >= 15 is 0 Å². The summed E-state index contributed by atoms with van der Waals surface area (Å²) in [4.78, 5) is 2.72. The van der Waals surface area contributed by atoms with Crippen molar-refractivity contribution in [2.24, 2.45) is 17.7 Å². The molecule has 118 valence electrons. The molecule has 2 aliphatic rings. The molecule has 1 aliphatic heterocycles. The quantitative estimate of drug-likeness (QED) is 0.600. The number of likely N-dealkylation sites (tertiary alicyclic amines) is 1. The van der Waals surface area contributed by atoms with Crippen LogP contribution in [0, 0.1) is 11.8 Å². The van der Waals surface area contributed by atoms with E-state index in [1.165, 1.54) is 64.5 Å². The van der Waals surface area contributed by atoms with Crippen LogP contribution < -0.4 is 11.3 Å². The maximum atomic E-state index is 6.03. The SMILES string of the molecule is CCC(C)(C(NN)C1CCC(C)CC1)N1CCCCC1. The molecule has 3 heteroatoms. The molecule has 1 saturated heterocycles. The van der Waals surface area contributed by atoms with Gasteiger partial charge in [0.15, 0.2) is 0 Å². The summed E-state index contributed by atoms with van der Waals surface area (Å²) in [5, 5.41) is 0. The summed E-state index contributed by atoms with van der Waals surface area (Å²) in [6, 6.07) is 0.443. The van der Waals surface area contributed by atoms with Crippen LogP contribution in [0.1, 0.15) is 72.1 Å². The molecule has 0 bridgehead atoms. The third-order valence-electron chi connectivity index (χ3n) is 6.18. The standard InChI is InChI=1S/C17H35N3/c1-4-17(3,20-12-6-5-7-13-20)16(19-18)15-10-8-14(2)9-11-15/h14-16,19H,4-13,18H2,1-3H3. The summed E-state index contributed by atoms with van der Waals surface area (Å²) in [6.07, 6.45) is 10.7. The zero-order valence-electron chi connectivity index (χ0n) is 13.8. The second-order valence-electron chi connectivity index (χ2n) is 7.42. The Morgan fingerprint density at radius 1 is 1.15 bits per heavy atom. The molecular formula is C17H35N3. The van der Waals surface area contributed by atoms with Crippen LogP contribution in [-0.4, -0.2) is 29.6 Å². The lowest BCUT2D eigenvalue weighted by atomic mass is 9.71. The van der Waals surface area contributed by atoms with Crippen molar-refractivity contribution in [2.75, 3.05) is 13.1 Å². The zero-order chi connectivity index (χ0) is 14.6. The van der Waals surface area contributed by atoms with Crippen LogP contribution in [0.25, 0.3) is 0 Å². The molecule has 2 rings (SSSR count). The van der Waals surface area contributed by atoms with Crippen LogP contribution in [0.3, 0.4) is 0 Å². The first-order valence-electron chi connectivity index (χ1n) is 8.83. The topological polar surface area (TPSA) is 41.3 Å². The lowest BCUT2D eigenvalue weighted by Crippen LogP contribution is -2.64. The summed E-state index contributed by atoms with van der Waals surface area (Å²) in [6.45, 7) is 9.69. The van der Waals surface area contributed by atoms with E-state index in [-0.39, 0.29) is 5.54 Å². The van der Waals surface area contributed by atoms with E-state index in [9.17, 15) is 0 Å². The second kappa shape index (κ2) is 7.24. The predicted octanol–water partition coefficient (Wildman–Crippen LogP) is 3.30. The maximum Gasteiger partial charge on any atom is 0.0420 e. The Balaban J connectivity index is 2.09. The van der Waals surface area contributed by atoms with Gasteiger partial charge in [-0.1, -0.05) is 33.1 Å². The molecule has 0 radical (unpaired) electrons. The summed E-state index contributed by atoms with van der Waals surface area (Å²) in [7, 11) is 0. The van der Waals surface area contributed by atoms with Crippen LogP contribution in [0.4, 0.5) is 0 Å². The van der Waals surface area contributed by atoms with Crippen LogP contribution in [0.2, 0.25) is 0 Å². The van der Waals surface area contributed by atoms with Gasteiger partial charge in [0.25, 0.3) is 0 Å². The van der Waals surface area contributed by atoms with Gasteiger partial charge >= 0.3 is 0 Å². The summed E-state index contributed by atoms with van der Waals surface area (Å²) >= 11 is 0. The fourth-order valence-corrected chi connectivity index (χ4v) is 4.49. The van der Waals surface area contributed by atoms with Gasteiger partial charge in [0.2, 0.25) is 0 Å². The summed E-state index contributed by atoms with van der Waals surface area (Å²) < 4.78 is 0. The van der Waals surface area contributed by atoms with E-state index in [4.69, 9.17) is 5.84 Å². The van der Waals surface area contributed by atoms with Gasteiger partial charge in [0, 0.05) is 11.6 Å². The summed E-state index contributed by atoms with van der Waals surface area (Å²) in [5.41, 5.74) is 3.46. The van der Waals surface area contributed by atoms with E-state index in [0.29, 0.717) is 6.04 Å². The van der Waals surface area contributed by atoms with Gasteiger partial charge in [-0.15, -0.1) is 0 Å². The van der Waals surface area contributed by atoms with Crippen molar-refractivity contribution in [3.8, 4) is 0 Å². The van der Waals surface area contributed by atoms with Crippen molar-refractivity contribution < 1.29 is 0 Å². The van der Waals surface area contributed by atoms with Crippen LogP contribution in [0.5, 0.6) is 0 Å². The van der Waals surface area contributed by atoms with Crippen molar-refractivity contribution in [3.63, 3.8) is 0 Å². The van der Waals surface area contributed by atoms with E-state index in [1.807, 2.05) is 0 Å². The lowest BCUT2D eigenvalue weighted by molar-refractivity contribution is 0.0133. The number of nitrogens with one attached hydrogen (secondary N) is 1. The highest BCUT2D eigenvalue weighted by atomic mass is 15.3. The van der Waals surface area contributed by atoms with Gasteiger partial charge in [-0.05, 0) is 64.0 Å². The minimum atomic E-state index is 0.223. The number of piperidine rings is 1. The average Bonchev–Trinajstić information content (AvgIpc) is 2.50. The first-order chi connectivity index (χ1) is 9.61. The van der Waals surface area contributed by atoms with Crippen molar-refractivity contribution in [2.45, 2.75) is 83.7 Å². The molecule has 20 heavy (non-hydrogen) atoms. The van der Waals surface area contributed by atoms with E-state index < -0.39 is 0 Å². The lowest BCUT2D eigenvalue weighted by Gasteiger charge is -2.51. The van der Waals surface area contributed by atoms with Crippen molar-refractivity contribution in [1.29, 1.82) is 0 Å². The van der Waals surface area contributed by atoms with Crippen molar-refractivity contribution in [1.82, 2.24) is 10.3 Å². The first-order valence-corrected chi connectivity index (χ1v) is 8.83. The maximum absolute atomic E-state index is 6.03. The molecule has 0 aromatic rings. The van der Waals surface area contributed by atoms with E-state index in [1.54, 1.807) is 0 Å². The van der Waals surface area contributed by atoms with Gasteiger partial charge in [0.1, 0.15) is 0 Å². The highest BCUT2D eigenvalue weighted by Gasteiger charge is 2.42. The molecule has 2 unspecified atom stereocenters. The molecule has 3 nitrogen and oxygen atoms in total. The first kappa shape index (κ1) is 16.3. The van der Waals surface area contributed by atoms with Gasteiger partial charge in [-0.3, -0.25) is 16.2 Å². The molecule has 0 spiro atoms. The number of hydrogen-bond acceptors (Lipinski definition) is 3. The molecule has 0 amide bonds. The minimum absolute atomic E-state index is 0.223. The molecular weight excluding hydrogens is 246 g/mol. The molecule has 3 N–H and O–H groups in total. The minimum Gasteiger partial charge on any atom is -0.296 e. The van der Waals surface area contributed by atoms with Crippen LogP contribution in [-0.2, 0) is 0 Å². The molecule has 0 aromatic carbocycles. The molecule has 1 saturated carbocycles. The monoisotopic (exact) mass is 281 g/mol. The fraction of sp³-hybridized carbons (Fsp3) is 1.00. The number of nitrogens with two attached hydrogens (primary N) is 1. The van der Waals surface area contributed by atoms with Gasteiger partial charge in [-0.25, -0.2) is 0 Å². The predicted molar refractivity (Wildman–Crippen MR) is 86.4 cm³/mol. The Morgan fingerprint density at radius 2 is 1.75 bits per heavy atom. The molecule has 1 heterocycles. The smallest absolute Gasteiger partial charge is 0.0420 e. The Kier molecular flexibility index (Phi) is 5.88. The number of rotatable bonds is 5. The Labute approximate surface area is 125 Å². The zero-order valence-corrected chi connectivity index (χ0v) is 13.8. The van der Waals surface area contributed by atoms with Crippen molar-refractivity contribution in [3.05, 3.63) is 0 Å².